The standard InChI is InChI=1S/C16H14Cl2N4O3/c1-2-7-22-15(19-20-21-22)9-24-16(23)14-6-5-13(25-14)11-8-10(17)3-4-12(11)18/h3-6,8H,2,7,9H2,1H3. The second kappa shape index (κ2) is 7.67. The van der Waals surface area contributed by atoms with E-state index in [4.69, 9.17) is 32.4 Å². The molecule has 25 heavy (non-hydrogen) atoms. The second-order valence-electron chi connectivity index (χ2n) is 5.18. The van der Waals surface area contributed by atoms with Crippen LogP contribution in [-0.4, -0.2) is 26.2 Å². The van der Waals surface area contributed by atoms with Gasteiger partial charge in [-0.1, -0.05) is 30.1 Å². The number of rotatable bonds is 6. The first-order valence-corrected chi connectivity index (χ1v) is 8.31. The third-order valence-electron chi connectivity index (χ3n) is 3.37. The van der Waals surface area contributed by atoms with Gasteiger partial charge < -0.3 is 9.15 Å². The average Bonchev–Trinajstić information content (AvgIpc) is 3.25. The van der Waals surface area contributed by atoms with Crippen LogP contribution in [0.3, 0.4) is 0 Å². The Kier molecular flexibility index (Phi) is 5.35. The van der Waals surface area contributed by atoms with E-state index in [9.17, 15) is 4.79 Å². The maximum Gasteiger partial charge on any atom is 0.374 e. The van der Waals surface area contributed by atoms with Crippen LogP contribution < -0.4 is 0 Å². The summed E-state index contributed by atoms with van der Waals surface area (Å²) in [4.78, 5) is 12.2. The summed E-state index contributed by atoms with van der Waals surface area (Å²) in [5, 5.41) is 12.2. The Hall–Kier alpha value is -2.38. The highest BCUT2D eigenvalue weighted by molar-refractivity contribution is 6.35. The van der Waals surface area contributed by atoms with E-state index < -0.39 is 5.97 Å². The van der Waals surface area contributed by atoms with Gasteiger partial charge in [-0.05, 0) is 47.2 Å². The van der Waals surface area contributed by atoms with Crippen LogP contribution in [-0.2, 0) is 17.9 Å². The lowest BCUT2D eigenvalue weighted by Crippen LogP contribution is -2.10. The molecule has 0 aliphatic heterocycles. The van der Waals surface area contributed by atoms with Gasteiger partial charge in [0.15, 0.2) is 12.4 Å². The van der Waals surface area contributed by atoms with Crippen LogP contribution in [0.2, 0.25) is 10.0 Å². The Morgan fingerprint density at radius 2 is 2.12 bits per heavy atom. The third-order valence-corrected chi connectivity index (χ3v) is 3.94. The molecule has 0 aliphatic rings. The molecule has 2 heterocycles. The zero-order valence-electron chi connectivity index (χ0n) is 13.3. The number of esters is 1. The lowest BCUT2D eigenvalue weighted by Gasteiger charge is -2.04. The molecule has 0 radical (unpaired) electrons. The lowest BCUT2D eigenvalue weighted by atomic mass is 10.2. The minimum atomic E-state index is -0.615. The number of nitrogens with zero attached hydrogens (tertiary/aromatic N) is 4. The molecule has 3 rings (SSSR count). The van der Waals surface area contributed by atoms with E-state index in [1.54, 1.807) is 28.9 Å². The molecule has 2 aromatic heterocycles. The minimum Gasteiger partial charge on any atom is -0.452 e. The van der Waals surface area contributed by atoms with E-state index >= 15 is 0 Å². The van der Waals surface area contributed by atoms with E-state index in [1.165, 1.54) is 6.07 Å². The molecular weight excluding hydrogens is 367 g/mol. The van der Waals surface area contributed by atoms with Gasteiger partial charge in [0.2, 0.25) is 5.76 Å². The molecule has 0 saturated heterocycles. The second-order valence-corrected chi connectivity index (χ2v) is 6.03. The first kappa shape index (κ1) is 17.4. The number of aryl methyl sites for hydroxylation is 1. The first-order valence-electron chi connectivity index (χ1n) is 7.56. The van der Waals surface area contributed by atoms with Gasteiger partial charge in [0, 0.05) is 17.1 Å². The molecule has 0 aliphatic carbocycles. The minimum absolute atomic E-state index is 0.0419. The molecule has 0 bridgehead atoms. The third kappa shape index (κ3) is 4.00. The molecule has 130 valence electrons. The number of hydrogen-bond acceptors (Lipinski definition) is 6. The summed E-state index contributed by atoms with van der Waals surface area (Å²) in [5.41, 5.74) is 0.597. The van der Waals surface area contributed by atoms with Crippen molar-refractivity contribution in [1.29, 1.82) is 0 Å². The smallest absolute Gasteiger partial charge is 0.374 e. The van der Waals surface area contributed by atoms with E-state index in [0.717, 1.165) is 6.42 Å². The molecule has 0 unspecified atom stereocenters. The quantitative estimate of drug-likeness (QED) is 0.600. The number of halogens is 2. The fourth-order valence-electron chi connectivity index (χ4n) is 2.19. The zero-order valence-corrected chi connectivity index (χ0v) is 14.8. The molecule has 0 fully saturated rings. The highest BCUT2D eigenvalue weighted by Crippen LogP contribution is 2.31. The predicted octanol–water partition coefficient (Wildman–Crippen LogP) is 4.01. The molecule has 0 N–H and O–H groups in total. The van der Waals surface area contributed by atoms with Crippen LogP contribution in [0.5, 0.6) is 0 Å². The predicted molar refractivity (Wildman–Crippen MR) is 91.4 cm³/mol. The van der Waals surface area contributed by atoms with Crippen LogP contribution in [0.4, 0.5) is 0 Å². The first-order chi connectivity index (χ1) is 12.1. The van der Waals surface area contributed by atoms with Crippen molar-refractivity contribution >= 4 is 29.2 Å². The van der Waals surface area contributed by atoms with Crippen molar-refractivity contribution in [2.45, 2.75) is 26.5 Å². The number of furan rings is 1. The summed E-state index contributed by atoms with van der Waals surface area (Å²) >= 11 is 12.1. The number of ether oxygens (including phenoxy) is 1. The molecule has 3 aromatic rings. The Morgan fingerprint density at radius 3 is 2.92 bits per heavy atom. The van der Waals surface area contributed by atoms with Crippen molar-refractivity contribution in [3.8, 4) is 11.3 Å². The molecule has 0 atom stereocenters. The van der Waals surface area contributed by atoms with Gasteiger partial charge in [0.25, 0.3) is 0 Å². The molecule has 0 amide bonds. The summed E-state index contributed by atoms with van der Waals surface area (Å²) in [5.74, 6) is 0.339. The van der Waals surface area contributed by atoms with Gasteiger partial charge >= 0.3 is 5.97 Å². The number of aromatic nitrogens is 4. The number of tetrazole rings is 1. The summed E-state index contributed by atoms with van der Waals surface area (Å²) in [6.07, 6.45) is 0.869. The number of benzene rings is 1. The van der Waals surface area contributed by atoms with Crippen LogP contribution >= 0.6 is 23.2 Å². The SMILES string of the molecule is CCCn1nnnc1COC(=O)c1ccc(-c2cc(Cl)ccc2Cl)o1. The number of hydrogen-bond donors (Lipinski definition) is 0. The molecule has 1 aromatic carbocycles. The molecule has 7 nitrogen and oxygen atoms in total. The van der Waals surface area contributed by atoms with Gasteiger partial charge in [-0.3, -0.25) is 0 Å². The van der Waals surface area contributed by atoms with E-state index in [2.05, 4.69) is 15.5 Å². The van der Waals surface area contributed by atoms with E-state index in [-0.39, 0.29) is 12.4 Å². The average molecular weight is 381 g/mol. The lowest BCUT2D eigenvalue weighted by molar-refractivity contribution is 0.0421. The van der Waals surface area contributed by atoms with Gasteiger partial charge in [0.1, 0.15) is 5.76 Å². The fourth-order valence-corrected chi connectivity index (χ4v) is 2.57. The zero-order chi connectivity index (χ0) is 17.8. The number of carbonyl (C=O) groups excluding carboxylic acids is 1. The van der Waals surface area contributed by atoms with E-state index in [0.29, 0.717) is 33.7 Å². The summed E-state index contributed by atoms with van der Waals surface area (Å²) in [6, 6.07) is 8.15. The monoisotopic (exact) mass is 380 g/mol. The molecular formula is C16H14Cl2N4O3. The van der Waals surface area contributed by atoms with Gasteiger partial charge in [-0.2, -0.15) is 0 Å². The van der Waals surface area contributed by atoms with Crippen molar-refractivity contribution < 1.29 is 13.9 Å². The van der Waals surface area contributed by atoms with Gasteiger partial charge in [-0.15, -0.1) is 5.10 Å². The van der Waals surface area contributed by atoms with Crippen LogP contribution in [0.15, 0.2) is 34.7 Å². The van der Waals surface area contributed by atoms with Gasteiger partial charge in [-0.25, -0.2) is 9.48 Å². The van der Waals surface area contributed by atoms with Crippen molar-refractivity contribution in [1.82, 2.24) is 20.2 Å². The largest absolute Gasteiger partial charge is 0.452 e. The van der Waals surface area contributed by atoms with Crippen LogP contribution in [0.1, 0.15) is 29.7 Å². The van der Waals surface area contributed by atoms with Crippen molar-refractivity contribution in [3.63, 3.8) is 0 Å². The Labute approximate surface area is 153 Å². The van der Waals surface area contributed by atoms with Crippen molar-refractivity contribution in [2.24, 2.45) is 0 Å². The maximum atomic E-state index is 12.2. The van der Waals surface area contributed by atoms with Crippen LogP contribution in [0, 0.1) is 0 Å². The van der Waals surface area contributed by atoms with E-state index in [1.807, 2.05) is 6.92 Å². The van der Waals surface area contributed by atoms with Crippen molar-refractivity contribution in [3.05, 3.63) is 52.0 Å². The van der Waals surface area contributed by atoms with Gasteiger partial charge in [0.05, 0.1) is 5.02 Å². The summed E-state index contributed by atoms with van der Waals surface area (Å²) in [7, 11) is 0. The fraction of sp³-hybridized carbons (Fsp3) is 0.250. The summed E-state index contributed by atoms with van der Waals surface area (Å²) < 4.78 is 12.3. The highest BCUT2D eigenvalue weighted by atomic mass is 35.5. The Bertz CT molecular complexity index is 891. The topological polar surface area (TPSA) is 83.0 Å². The Balaban J connectivity index is 1.70. The van der Waals surface area contributed by atoms with Crippen LogP contribution in [0.25, 0.3) is 11.3 Å². The van der Waals surface area contributed by atoms with Crippen molar-refractivity contribution in [2.75, 3.05) is 0 Å². The molecule has 0 saturated carbocycles. The molecule has 9 heteroatoms. The molecule has 0 spiro atoms. The summed E-state index contributed by atoms with van der Waals surface area (Å²) in [6.45, 7) is 2.61. The maximum absolute atomic E-state index is 12.2. The highest BCUT2D eigenvalue weighted by Gasteiger charge is 2.17. The Morgan fingerprint density at radius 1 is 1.28 bits per heavy atom. The normalized spacial score (nSPS) is 10.8. The number of carbonyl (C=O) groups is 1.